The van der Waals surface area contributed by atoms with E-state index in [1.165, 1.54) is 0 Å². The van der Waals surface area contributed by atoms with Gasteiger partial charge in [0.25, 0.3) is 5.91 Å². The molecule has 0 saturated carbocycles. The zero-order chi connectivity index (χ0) is 24.2. The Hall–Kier alpha value is -4.00. The molecule has 0 atom stereocenters. The molecule has 2 N–H and O–H groups in total. The van der Waals surface area contributed by atoms with Crippen LogP contribution in [0.1, 0.15) is 21.8 Å². The molecule has 0 spiro atoms. The van der Waals surface area contributed by atoms with E-state index in [0.29, 0.717) is 39.7 Å². The van der Waals surface area contributed by atoms with Crippen molar-refractivity contribution < 1.29 is 9.21 Å². The van der Waals surface area contributed by atoms with Gasteiger partial charge in [0.15, 0.2) is 16.6 Å². The molecule has 172 valence electrons. The standard InChI is InChI=1S/C28H20ClN3O2S/c29-22-12-6-18(7-13-22)16-26-31-24-17-23(14-15-25(24)34-26)30-28(35)32-27(33)21-10-8-20(9-11-21)19-4-2-1-3-5-19/h1-15,17H,16H2,(H2,30,32,33,35). The van der Waals surface area contributed by atoms with Crippen LogP contribution in [0, 0.1) is 0 Å². The quantitative estimate of drug-likeness (QED) is 0.259. The van der Waals surface area contributed by atoms with E-state index >= 15 is 0 Å². The van der Waals surface area contributed by atoms with Crippen LogP contribution in [-0.4, -0.2) is 16.0 Å². The summed E-state index contributed by atoms with van der Waals surface area (Å²) < 4.78 is 5.85. The molecule has 0 radical (unpaired) electrons. The molecule has 0 aliphatic rings. The molecular formula is C28H20ClN3O2S. The van der Waals surface area contributed by atoms with Crippen molar-refractivity contribution in [1.82, 2.24) is 10.3 Å². The van der Waals surface area contributed by atoms with Gasteiger partial charge >= 0.3 is 0 Å². The fourth-order valence-electron chi connectivity index (χ4n) is 3.69. The van der Waals surface area contributed by atoms with E-state index in [0.717, 1.165) is 16.7 Å². The highest BCUT2D eigenvalue weighted by Crippen LogP contribution is 2.22. The first-order valence-corrected chi connectivity index (χ1v) is 11.7. The Balaban J connectivity index is 1.22. The first-order valence-electron chi connectivity index (χ1n) is 11.0. The summed E-state index contributed by atoms with van der Waals surface area (Å²) in [6.07, 6.45) is 0.562. The summed E-state index contributed by atoms with van der Waals surface area (Å²) in [5.41, 5.74) is 5.79. The van der Waals surface area contributed by atoms with E-state index < -0.39 is 0 Å². The van der Waals surface area contributed by atoms with Crippen LogP contribution < -0.4 is 10.6 Å². The van der Waals surface area contributed by atoms with Gasteiger partial charge in [0.2, 0.25) is 0 Å². The lowest BCUT2D eigenvalue weighted by Crippen LogP contribution is -2.34. The van der Waals surface area contributed by atoms with Crippen LogP contribution in [-0.2, 0) is 6.42 Å². The van der Waals surface area contributed by atoms with Gasteiger partial charge in [-0.2, -0.15) is 0 Å². The van der Waals surface area contributed by atoms with Crippen molar-refractivity contribution in [2.45, 2.75) is 6.42 Å². The number of nitrogens with one attached hydrogen (secondary N) is 2. The number of hydrogen-bond acceptors (Lipinski definition) is 4. The van der Waals surface area contributed by atoms with Crippen molar-refractivity contribution in [3.8, 4) is 11.1 Å². The highest BCUT2D eigenvalue weighted by molar-refractivity contribution is 7.80. The number of rotatable bonds is 5. The smallest absolute Gasteiger partial charge is 0.257 e. The lowest BCUT2D eigenvalue weighted by Gasteiger charge is -2.10. The third kappa shape index (κ3) is 5.57. The first kappa shape index (κ1) is 22.8. The highest BCUT2D eigenvalue weighted by atomic mass is 35.5. The number of oxazole rings is 1. The zero-order valence-electron chi connectivity index (χ0n) is 18.5. The minimum atomic E-state index is -0.283. The Kier molecular flexibility index (Phi) is 6.57. The molecule has 0 bridgehead atoms. The monoisotopic (exact) mass is 497 g/mol. The third-order valence-electron chi connectivity index (χ3n) is 5.44. The van der Waals surface area contributed by atoms with Crippen LogP contribution in [0.5, 0.6) is 0 Å². The Morgan fingerprint density at radius 1 is 0.886 bits per heavy atom. The lowest BCUT2D eigenvalue weighted by molar-refractivity contribution is 0.0977. The molecule has 1 heterocycles. The lowest BCUT2D eigenvalue weighted by atomic mass is 10.0. The number of anilines is 1. The molecule has 1 aromatic heterocycles. The van der Waals surface area contributed by atoms with Crippen LogP contribution in [0.3, 0.4) is 0 Å². The minimum Gasteiger partial charge on any atom is -0.440 e. The van der Waals surface area contributed by atoms with Gasteiger partial charge in [-0.1, -0.05) is 66.2 Å². The van der Waals surface area contributed by atoms with Gasteiger partial charge in [0, 0.05) is 22.7 Å². The maximum Gasteiger partial charge on any atom is 0.257 e. The van der Waals surface area contributed by atoms with Gasteiger partial charge in [-0.25, -0.2) is 4.98 Å². The number of benzene rings is 4. The summed E-state index contributed by atoms with van der Waals surface area (Å²) in [5.74, 6) is 0.323. The van der Waals surface area contributed by atoms with Gasteiger partial charge in [-0.05, 0) is 71.4 Å². The number of nitrogens with zero attached hydrogens (tertiary/aromatic N) is 1. The molecule has 1 amide bonds. The molecule has 0 unspecified atom stereocenters. The summed E-state index contributed by atoms with van der Waals surface area (Å²) in [4.78, 5) is 17.2. The summed E-state index contributed by atoms with van der Waals surface area (Å²) in [7, 11) is 0. The van der Waals surface area contributed by atoms with E-state index in [4.69, 9.17) is 28.2 Å². The minimum absolute atomic E-state index is 0.200. The van der Waals surface area contributed by atoms with Gasteiger partial charge in [-0.3, -0.25) is 10.1 Å². The molecule has 35 heavy (non-hydrogen) atoms. The molecule has 5 nitrogen and oxygen atoms in total. The topological polar surface area (TPSA) is 67.2 Å². The number of hydrogen-bond donors (Lipinski definition) is 2. The average Bonchev–Trinajstić information content (AvgIpc) is 3.27. The van der Waals surface area contributed by atoms with Crippen LogP contribution >= 0.6 is 23.8 Å². The molecule has 0 aliphatic carbocycles. The molecule has 0 aliphatic heterocycles. The third-order valence-corrected chi connectivity index (χ3v) is 5.90. The largest absolute Gasteiger partial charge is 0.440 e. The molecular weight excluding hydrogens is 478 g/mol. The van der Waals surface area contributed by atoms with Gasteiger partial charge < -0.3 is 9.73 Å². The van der Waals surface area contributed by atoms with Crippen LogP contribution in [0.15, 0.2) is 101 Å². The van der Waals surface area contributed by atoms with Gasteiger partial charge in [0.1, 0.15) is 5.52 Å². The number of carbonyl (C=O) groups is 1. The normalized spacial score (nSPS) is 10.8. The van der Waals surface area contributed by atoms with Gasteiger partial charge in [-0.15, -0.1) is 0 Å². The van der Waals surface area contributed by atoms with Crippen LogP contribution in [0.2, 0.25) is 5.02 Å². The van der Waals surface area contributed by atoms with Gasteiger partial charge in [0.05, 0.1) is 0 Å². The Morgan fingerprint density at radius 3 is 2.34 bits per heavy atom. The van der Waals surface area contributed by atoms with E-state index in [1.807, 2.05) is 84.9 Å². The second-order valence-corrected chi connectivity index (χ2v) is 8.79. The number of aromatic nitrogens is 1. The summed E-state index contributed by atoms with van der Waals surface area (Å²) >= 11 is 11.3. The maximum absolute atomic E-state index is 12.6. The fourth-order valence-corrected chi connectivity index (χ4v) is 4.02. The SMILES string of the molecule is O=C(NC(=S)Nc1ccc2oc(Cc3ccc(Cl)cc3)nc2c1)c1ccc(-c2ccccc2)cc1. The van der Waals surface area contributed by atoms with E-state index in [2.05, 4.69) is 15.6 Å². The summed E-state index contributed by atoms with van der Waals surface area (Å²) in [6.45, 7) is 0. The maximum atomic E-state index is 12.6. The number of thiocarbonyl (C=S) groups is 1. The van der Waals surface area contributed by atoms with Crippen molar-refractivity contribution in [3.05, 3.63) is 119 Å². The number of halogens is 1. The highest BCUT2D eigenvalue weighted by Gasteiger charge is 2.11. The van der Waals surface area contributed by atoms with Crippen molar-refractivity contribution in [3.63, 3.8) is 0 Å². The van der Waals surface area contributed by atoms with E-state index in [1.54, 1.807) is 12.1 Å². The zero-order valence-corrected chi connectivity index (χ0v) is 20.1. The van der Waals surface area contributed by atoms with E-state index in [-0.39, 0.29) is 11.0 Å². The van der Waals surface area contributed by atoms with Crippen molar-refractivity contribution in [2.24, 2.45) is 0 Å². The molecule has 0 fully saturated rings. The molecule has 5 aromatic rings. The van der Waals surface area contributed by atoms with Crippen molar-refractivity contribution in [1.29, 1.82) is 0 Å². The van der Waals surface area contributed by atoms with Crippen LogP contribution in [0.4, 0.5) is 5.69 Å². The van der Waals surface area contributed by atoms with E-state index in [9.17, 15) is 4.79 Å². The molecule has 5 rings (SSSR count). The Morgan fingerprint density at radius 2 is 1.60 bits per heavy atom. The van der Waals surface area contributed by atoms with Crippen molar-refractivity contribution in [2.75, 3.05) is 5.32 Å². The molecule has 4 aromatic carbocycles. The molecule has 7 heteroatoms. The van der Waals surface area contributed by atoms with Crippen molar-refractivity contribution >= 4 is 51.6 Å². The predicted octanol–water partition coefficient (Wildman–Crippen LogP) is 6.87. The first-order chi connectivity index (χ1) is 17.0. The summed E-state index contributed by atoms with van der Waals surface area (Å²) in [6, 6.07) is 30.4. The Bertz CT molecular complexity index is 1500. The number of fused-ring (bicyclic) bond motifs is 1. The second kappa shape index (κ2) is 10.1. The molecule has 0 saturated heterocycles. The average molecular weight is 498 g/mol. The number of amides is 1. The van der Waals surface area contributed by atoms with Crippen LogP contribution in [0.25, 0.3) is 22.2 Å². The predicted molar refractivity (Wildman–Crippen MR) is 144 cm³/mol. The second-order valence-electron chi connectivity index (χ2n) is 7.94. The number of carbonyl (C=O) groups excluding carboxylic acids is 1. The summed E-state index contributed by atoms with van der Waals surface area (Å²) in [5, 5.41) is 6.65. The fraction of sp³-hybridized carbons (Fsp3) is 0.0357. The Labute approximate surface area is 212 Å².